The van der Waals surface area contributed by atoms with Crippen molar-refractivity contribution in [3.8, 4) is 0 Å². The van der Waals surface area contributed by atoms with E-state index in [9.17, 15) is 0 Å². The highest BCUT2D eigenvalue weighted by atomic mass is 16.5. The summed E-state index contributed by atoms with van der Waals surface area (Å²) in [6.07, 6.45) is 5.32. The van der Waals surface area contributed by atoms with Crippen LogP contribution in [-0.2, 0) is 11.2 Å². The van der Waals surface area contributed by atoms with E-state index in [0.717, 1.165) is 13.0 Å². The van der Waals surface area contributed by atoms with Gasteiger partial charge in [0.15, 0.2) is 0 Å². The van der Waals surface area contributed by atoms with Crippen molar-refractivity contribution in [1.29, 1.82) is 0 Å². The summed E-state index contributed by atoms with van der Waals surface area (Å²) in [6, 6.07) is 9.33. The Morgan fingerprint density at radius 1 is 1.30 bits per heavy atom. The smallest absolute Gasteiger partial charge is 0.0693 e. The highest BCUT2D eigenvalue weighted by Crippen LogP contribution is 2.52. The van der Waals surface area contributed by atoms with E-state index in [1.165, 1.54) is 30.5 Å². The molecule has 0 bridgehead atoms. The van der Waals surface area contributed by atoms with Gasteiger partial charge in [-0.3, -0.25) is 0 Å². The molecule has 0 radical (unpaired) electrons. The van der Waals surface area contributed by atoms with E-state index in [2.05, 4.69) is 50.4 Å². The van der Waals surface area contributed by atoms with Gasteiger partial charge < -0.3 is 10.1 Å². The number of hydrogen-bond acceptors (Lipinski definition) is 2. The number of para-hydroxylation sites is 1. The molecule has 3 unspecified atom stereocenters. The highest BCUT2D eigenvalue weighted by Gasteiger charge is 2.57. The molecule has 3 rings (SSSR count). The third kappa shape index (κ3) is 2.24. The summed E-state index contributed by atoms with van der Waals surface area (Å²) in [5.74, 6) is 0.688. The number of fused-ring (bicyclic) bond motifs is 1. The van der Waals surface area contributed by atoms with E-state index >= 15 is 0 Å². The monoisotopic (exact) mass is 273 g/mol. The van der Waals surface area contributed by atoms with Crippen molar-refractivity contribution < 1.29 is 4.74 Å². The topological polar surface area (TPSA) is 21.3 Å². The lowest BCUT2D eigenvalue weighted by Crippen LogP contribution is -2.67. The molecular formula is C18H27NO. The molecule has 1 heterocycles. The van der Waals surface area contributed by atoms with Crippen LogP contribution in [0.4, 0.5) is 5.69 Å². The molecule has 0 spiro atoms. The van der Waals surface area contributed by atoms with Crippen LogP contribution in [0.25, 0.3) is 0 Å². The van der Waals surface area contributed by atoms with Gasteiger partial charge in [0, 0.05) is 29.7 Å². The number of rotatable bonds is 4. The fourth-order valence-electron chi connectivity index (χ4n) is 4.13. The van der Waals surface area contributed by atoms with Gasteiger partial charge >= 0.3 is 0 Å². The zero-order chi connectivity index (χ0) is 14.2. The van der Waals surface area contributed by atoms with Gasteiger partial charge in [-0.15, -0.1) is 0 Å². The summed E-state index contributed by atoms with van der Waals surface area (Å²) in [7, 11) is 0. The largest absolute Gasteiger partial charge is 0.381 e. The van der Waals surface area contributed by atoms with E-state index in [1.54, 1.807) is 0 Å². The Labute approximate surface area is 122 Å². The standard InChI is InChI=1S/C18H27NO/c1-4-8-13-9-5-6-11-15(13)19-16-14-10-7-12-20-17(14)18(16,2)3/h5-6,9,11,14,16-17,19H,4,7-8,10,12H2,1-3H3. The van der Waals surface area contributed by atoms with Crippen LogP contribution >= 0.6 is 0 Å². The Bertz CT molecular complexity index is 468. The Kier molecular flexibility index (Phi) is 3.76. The fourth-order valence-corrected chi connectivity index (χ4v) is 4.13. The van der Waals surface area contributed by atoms with Crippen molar-refractivity contribution in [2.24, 2.45) is 11.3 Å². The molecule has 1 aliphatic heterocycles. The first-order valence-corrected chi connectivity index (χ1v) is 8.10. The number of nitrogens with one attached hydrogen (secondary N) is 1. The molecule has 2 fully saturated rings. The van der Waals surface area contributed by atoms with Crippen LogP contribution in [0.2, 0.25) is 0 Å². The predicted molar refractivity (Wildman–Crippen MR) is 84.1 cm³/mol. The number of anilines is 1. The first-order chi connectivity index (χ1) is 9.64. The van der Waals surface area contributed by atoms with Gasteiger partial charge in [-0.25, -0.2) is 0 Å². The van der Waals surface area contributed by atoms with Crippen molar-refractivity contribution in [3.05, 3.63) is 29.8 Å². The van der Waals surface area contributed by atoms with Gasteiger partial charge in [0.2, 0.25) is 0 Å². The molecule has 2 heteroatoms. The van der Waals surface area contributed by atoms with E-state index in [4.69, 9.17) is 4.74 Å². The van der Waals surface area contributed by atoms with Gasteiger partial charge in [0.1, 0.15) is 0 Å². The minimum atomic E-state index is 0.240. The molecule has 1 saturated carbocycles. The van der Waals surface area contributed by atoms with E-state index < -0.39 is 0 Å². The molecule has 1 aromatic rings. The Balaban J connectivity index is 1.77. The summed E-state index contributed by atoms with van der Waals surface area (Å²) in [5.41, 5.74) is 3.02. The number of aryl methyl sites for hydroxylation is 1. The lowest BCUT2D eigenvalue weighted by Gasteiger charge is -2.60. The van der Waals surface area contributed by atoms with Crippen molar-refractivity contribution in [2.75, 3.05) is 11.9 Å². The van der Waals surface area contributed by atoms with Crippen LogP contribution in [0.15, 0.2) is 24.3 Å². The Morgan fingerprint density at radius 3 is 2.90 bits per heavy atom. The zero-order valence-corrected chi connectivity index (χ0v) is 13.0. The highest BCUT2D eigenvalue weighted by molar-refractivity contribution is 5.53. The van der Waals surface area contributed by atoms with Crippen LogP contribution in [0.3, 0.4) is 0 Å². The number of hydrogen-bond donors (Lipinski definition) is 1. The molecule has 1 aromatic carbocycles. The molecule has 20 heavy (non-hydrogen) atoms. The summed E-state index contributed by atoms with van der Waals surface area (Å²) >= 11 is 0. The van der Waals surface area contributed by atoms with Gasteiger partial charge in [0.05, 0.1) is 6.10 Å². The maximum atomic E-state index is 6.00. The average Bonchev–Trinajstić information content (AvgIpc) is 2.46. The van der Waals surface area contributed by atoms with E-state index in [-0.39, 0.29) is 5.41 Å². The van der Waals surface area contributed by atoms with Crippen LogP contribution in [0.1, 0.15) is 45.6 Å². The SMILES string of the molecule is CCCc1ccccc1NC1C2CCCOC2C1(C)C. The van der Waals surface area contributed by atoms with E-state index in [1.807, 2.05) is 0 Å². The first kappa shape index (κ1) is 13.9. The second-order valence-electron chi connectivity index (χ2n) is 6.95. The maximum absolute atomic E-state index is 6.00. The third-order valence-electron chi connectivity index (χ3n) is 5.18. The normalized spacial score (nSPS) is 31.2. The minimum Gasteiger partial charge on any atom is -0.381 e. The fraction of sp³-hybridized carbons (Fsp3) is 0.667. The molecule has 1 saturated heterocycles. The molecule has 110 valence electrons. The van der Waals surface area contributed by atoms with Gasteiger partial charge in [-0.05, 0) is 30.9 Å². The molecule has 1 N–H and O–H groups in total. The van der Waals surface area contributed by atoms with Gasteiger partial charge in [-0.2, -0.15) is 0 Å². The van der Waals surface area contributed by atoms with Crippen molar-refractivity contribution in [1.82, 2.24) is 0 Å². The number of benzene rings is 1. The van der Waals surface area contributed by atoms with Crippen LogP contribution in [0, 0.1) is 11.3 Å². The van der Waals surface area contributed by atoms with Crippen molar-refractivity contribution >= 4 is 5.69 Å². The molecule has 0 aromatic heterocycles. The average molecular weight is 273 g/mol. The molecule has 1 aliphatic carbocycles. The summed E-state index contributed by atoms with van der Waals surface area (Å²) in [4.78, 5) is 0. The zero-order valence-electron chi connectivity index (χ0n) is 13.0. The van der Waals surface area contributed by atoms with Crippen LogP contribution in [-0.4, -0.2) is 18.8 Å². The first-order valence-electron chi connectivity index (χ1n) is 8.10. The lowest BCUT2D eigenvalue weighted by atomic mass is 9.55. The van der Waals surface area contributed by atoms with Gasteiger partial charge in [-0.1, -0.05) is 45.4 Å². The van der Waals surface area contributed by atoms with Gasteiger partial charge in [0.25, 0.3) is 0 Å². The van der Waals surface area contributed by atoms with Crippen LogP contribution in [0.5, 0.6) is 0 Å². The number of ether oxygens (including phenoxy) is 1. The second-order valence-corrected chi connectivity index (χ2v) is 6.95. The van der Waals surface area contributed by atoms with E-state index in [0.29, 0.717) is 18.1 Å². The van der Waals surface area contributed by atoms with Crippen molar-refractivity contribution in [2.45, 2.75) is 58.6 Å². The molecular weight excluding hydrogens is 246 g/mol. The molecule has 2 nitrogen and oxygen atoms in total. The molecule has 2 aliphatic rings. The summed E-state index contributed by atoms with van der Waals surface area (Å²) < 4.78 is 6.00. The maximum Gasteiger partial charge on any atom is 0.0693 e. The lowest BCUT2D eigenvalue weighted by molar-refractivity contribution is -0.177. The second kappa shape index (κ2) is 5.40. The minimum absolute atomic E-state index is 0.240. The molecule has 0 amide bonds. The van der Waals surface area contributed by atoms with Crippen molar-refractivity contribution in [3.63, 3.8) is 0 Å². The Morgan fingerprint density at radius 2 is 2.10 bits per heavy atom. The quantitative estimate of drug-likeness (QED) is 0.885. The predicted octanol–water partition coefficient (Wildman–Crippen LogP) is 4.25. The third-order valence-corrected chi connectivity index (χ3v) is 5.18. The molecule has 3 atom stereocenters. The summed E-state index contributed by atoms with van der Waals surface area (Å²) in [5, 5.41) is 3.84. The van der Waals surface area contributed by atoms with Crippen LogP contribution < -0.4 is 5.32 Å². The summed E-state index contributed by atoms with van der Waals surface area (Å²) in [6.45, 7) is 7.89. The Hall–Kier alpha value is -1.02.